The van der Waals surface area contributed by atoms with E-state index in [1.54, 1.807) is 0 Å². The Hall–Kier alpha value is -0.890. The fraction of sp³-hybridized carbons (Fsp3) is 0.467. The van der Waals surface area contributed by atoms with Gasteiger partial charge in [-0.25, -0.2) is 0 Å². The Balaban J connectivity index is 1.80. The quantitative estimate of drug-likeness (QED) is 0.738. The van der Waals surface area contributed by atoms with Gasteiger partial charge in [0.2, 0.25) is 0 Å². The van der Waals surface area contributed by atoms with E-state index in [2.05, 4.69) is 43.0 Å². The van der Waals surface area contributed by atoms with E-state index >= 15 is 0 Å². The summed E-state index contributed by atoms with van der Waals surface area (Å²) < 4.78 is 5.71. The molecule has 1 aliphatic heterocycles. The third-order valence-corrected chi connectivity index (χ3v) is 4.36. The Morgan fingerprint density at radius 2 is 2.24 bits per heavy atom. The number of hydrogen-bond acceptors (Lipinski definition) is 2. The van der Waals surface area contributed by atoms with Gasteiger partial charge in [0.15, 0.2) is 0 Å². The molecule has 2 heteroatoms. The van der Waals surface area contributed by atoms with Crippen molar-refractivity contribution in [2.75, 3.05) is 18.1 Å². The SMILES string of the molecule is C/C(=C/OCC1CCCSC1)c1ccccc1. The van der Waals surface area contributed by atoms with Crippen LogP contribution >= 0.6 is 11.8 Å². The minimum atomic E-state index is 0.744. The summed E-state index contributed by atoms with van der Waals surface area (Å²) in [7, 11) is 0. The van der Waals surface area contributed by atoms with Crippen molar-refractivity contribution in [3.05, 3.63) is 42.2 Å². The number of allylic oxidation sites excluding steroid dienone is 1. The molecule has 0 radical (unpaired) electrons. The van der Waals surface area contributed by atoms with Crippen molar-refractivity contribution in [3.63, 3.8) is 0 Å². The van der Waals surface area contributed by atoms with E-state index in [0.717, 1.165) is 12.5 Å². The van der Waals surface area contributed by atoms with Gasteiger partial charge in [-0.2, -0.15) is 11.8 Å². The van der Waals surface area contributed by atoms with Gasteiger partial charge < -0.3 is 4.74 Å². The molecule has 1 aliphatic rings. The van der Waals surface area contributed by atoms with Crippen LogP contribution in [0.25, 0.3) is 5.57 Å². The number of ether oxygens (including phenoxy) is 1. The van der Waals surface area contributed by atoms with Gasteiger partial charge >= 0.3 is 0 Å². The summed E-state index contributed by atoms with van der Waals surface area (Å²) in [5, 5.41) is 0. The van der Waals surface area contributed by atoms with Crippen molar-refractivity contribution in [1.29, 1.82) is 0 Å². The summed E-state index contributed by atoms with van der Waals surface area (Å²) in [6.07, 6.45) is 4.58. The molecule has 0 aliphatic carbocycles. The lowest BCUT2D eigenvalue weighted by Gasteiger charge is -2.20. The molecular weight excluding hydrogens is 228 g/mol. The Labute approximate surface area is 108 Å². The zero-order valence-corrected chi connectivity index (χ0v) is 11.2. The molecule has 1 atom stereocenters. The number of rotatable bonds is 4. The van der Waals surface area contributed by atoms with Crippen LogP contribution in [0.4, 0.5) is 0 Å². The first-order valence-corrected chi connectivity index (χ1v) is 7.43. The first kappa shape index (κ1) is 12.6. The first-order chi connectivity index (χ1) is 8.36. The van der Waals surface area contributed by atoms with Crippen LogP contribution in [0.3, 0.4) is 0 Å². The molecule has 0 aromatic heterocycles. The van der Waals surface area contributed by atoms with E-state index in [9.17, 15) is 0 Å². The largest absolute Gasteiger partial charge is 0.501 e. The lowest BCUT2D eigenvalue weighted by atomic mass is 10.1. The summed E-state index contributed by atoms with van der Waals surface area (Å²) in [5.41, 5.74) is 2.44. The molecule has 0 N–H and O–H groups in total. The van der Waals surface area contributed by atoms with Crippen LogP contribution in [0.15, 0.2) is 36.6 Å². The topological polar surface area (TPSA) is 9.23 Å². The van der Waals surface area contributed by atoms with Gasteiger partial charge in [0.05, 0.1) is 12.9 Å². The highest BCUT2D eigenvalue weighted by atomic mass is 32.2. The summed E-state index contributed by atoms with van der Waals surface area (Å²) >= 11 is 2.06. The fourth-order valence-electron chi connectivity index (χ4n) is 2.02. The maximum absolute atomic E-state index is 5.71. The lowest BCUT2D eigenvalue weighted by molar-refractivity contribution is 0.199. The van der Waals surface area contributed by atoms with Crippen molar-refractivity contribution in [2.24, 2.45) is 5.92 Å². The molecule has 0 saturated carbocycles. The average Bonchev–Trinajstić information content (AvgIpc) is 2.41. The van der Waals surface area contributed by atoms with E-state index < -0.39 is 0 Å². The minimum Gasteiger partial charge on any atom is -0.501 e. The van der Waals surface area contributed by atoms with Crippen molar-refractivity contribution in [3.8, 4) is 0 Å². The Bertz CT molecular complexity index is 352. The normalized spacial score (nSPS) is 21.2. The summed E-state index contributed by atoms with van der Waals surface area (Å²) in [5.74, 6) is 3.33. The predicted octanol–water partition coefficient (Wildman–Crippen LogP) is 4.21. The second-order valence-corrected chi connectivity index (χ2v) is 5.73. The maximum Gasteiger partial charge on any atom is 0.0909 e. The highest BCUT2D eigenvalue weighted by Crippen LogP contribution is 2.23. The van der Waals surface area contributed by atoms with Gasteiger partial charge in [0.1, 0.15) is 0 Å². The number of thioether (sulfide) groups is 1. The minimum absolute atomic E-state index is 0.744. The molecule has 1 saturated heterocycles. The van der Waals surface area contributed by atoms with E-state index in [1.807, 2.05) is 12.3 Å². The second-order valence-electron chi connectivity index (χ2n) is 4.58. The second kappa shape index (κ2) is 6.75. The van der Waals surface area contributed by atoms with Gasteiger partial charge in [-0.15, -0.1) is 0 Å². The standard InChI is InChI=1S/C15H20OS/c1-13(15-7-3-2-4-8-15)10-16-11-14-6-5-9-17-12-14/h2-4,7-8,10,14H,5-6,9,11-12H2,1H3/b13-10-. The molecule has 1 aromatic carbocycles. The molecule has 92 valence electrons. The van der Waals surface area contributed by atoms with Crippen LogP contribution in [0.1, 0.15) is 25.3 Å². The molecule has 2 rings (SSSR count). The summed E-state index contributed by atoms with van der Waals surface area (Å²) in [4.78, 5) is 0. The van der Waals surface area contributed by atoms with E-state index in [-0.39, 0.29) is 0 Å². The Morgan fingerprint density at radius 1 is 1.41 bits per heavy atom. The molecule has 1 fully saturated rings. The zero-order chi connectivity index (χ0) is 11.9. The van der Waals surface area contributed by atoms with E-state index in [0.29, 0.717) is 0 Å². The molecule has 0 amide bonds. The average molecular weight is 248 g/mol. The summed E-state index contributed by atoms with van der Waals surface area (Å²) in [6.45, 7) is 2.97. The van der Waals surface area contributed by atoms with Crippen LogP contribution in [0.5, 0.6) is 0 Å². The van der Waals surface area contributed by atoms with E-state index in [1.165, 1.54) is 35.5 Å². The van der Waals surface area contributed by atoms with Crippen molar-refractivity contribution in [1.82, 2.24) is 0 Å². The Kier molecular flexibility index (Phi) is 4.99. The molecule has 1 aromatic rings. The Morgan fingerprint density at radius 3 is 2.94 bits per heavy atom. The van der Waals surface area contributed by atoms with Crippen LogP contribution < -0.4 is 0 Å². The lowest BCUT2D eigenvalue weighted by Crippen LogP contribution is -2.15. The third kappa shape index (κ3) is 4.12. The monoisotopic (exact) mass is 248 g/mol. The predicted molar refractivity (Wildman–Crippen MR) is 76.1 cm³/mol. The van der Waals surface area contributed by atoms with Crippen LogP contribution in [0.2, 0.25) is 0 Å². The highest BCUT2D eigenvalue weighted by Gasteiger charge is 2.13. The van der Waals surface area contributed by atoms with Gasteiger partial charge in [-0.3, -0.25) is 0 Å². The molecular formula is C15H20OS. The van der Waals surface area contributed by atoms with Crippen LogP contribution in [0, 0.1) is 5.92 Å². The molecule has 1 unspecified atom stereocenters. The van der Waals surface area contributed by atoms with Crippen molar-refractivity contribution < 1.29 is 4.74 Å². The number of benzene rings is 1. The molecule has 0 bridgehead atoms. The fourth-order valence-corrected chi connectivity index (χ4v) is 3.15. The third-order valence-electron chi connectivity index (χ3n) is 3.08. The number of hydrogen-bond donors (Lipinski definition) is 0. The van der Waals surface area contributed by atoms with E-state index in [4.69, 9.17) is 4.74 Å². The zero-order valence-electron chi connectivity index (χ0n) is 10.4. The maximum atomic E-state index is 5.71. The smallest absolute Gasteiger partial charge is 0.0909 e. The molecule has 17 heavy (non-hydrogen) atoms. The molecule has 0 spiro atoms. The van der Waals surface area contributed by atoms with Gasteiger partial charge in [0, 0.05) is 5.92 Å². The molecule has 1 heterocycles. The van der Waals surface area contributed by atoms with Crippen LogP contribution in [-0.4, -0.2) is 18.1 Å². The van der Waals surface area contributed by atoms with Gasteiger partial charge in [0.25, 0.3) is 0 Å². The van der Waals surface area contributed by atoms with Gasteiger partial charge in [-0.05, 0) is 42.4 Å². The summed E-state index contributed by atoms with van der Waals surface area (Å²) in [6, 6.07) is 10.4. The van der Waals surface area contributed by atoms with Gasteiger partial charge in [-0.1, -0.05) is 30.3 Å². The van der Waals surface area contributed by atoms with Crippen molar-refractivity contribution >= 4 is 17.3 Å². The molecule has 1 nitrogen and oxygen atoms in total. The highest BCUT2D eigenvalue weighted by molar-refractivity contribution is 7.99. The van der Waals surface area contributed by atoms with Crippen LogP contribution in [-0.2, 0) is 4.74 Å². The van der Waals surface area contributed by atoms with Crippen molar-refractivity contribution in [2.45, 2.75) is 19.8 Å². The first-order valence-electron chi connectivity index (χ1n) is 6.28.